The van der Waals surface area contributed by atoms with Gasteiger partial charge in [0.15, 0.2) is 47.1 Å². The van der Waals surface area contributed by atoms with Crippen molar-refractivity contribution in [3.8, 4) is 34.5 Å². The number of carbonyl (C=O) groups excluding carboxylic acids is 3. The molecule has 1 atom stereocenters. The van der Waals surface area contributed by atoms with Crippen LogP contribution in [-0.2, 0) is 9.68 Å². The number of ether oxygens (including phenoxy) is 5. The number of nitrogens with zero attached hydrogens (tertiary/aromatic N) is 7. The number of aromatic hydroxyl groups is 1. The van der Waals surface area contributed by atoms with Gasteiger partial charge >= 0.3 is 157 Å². The average molecular weight is 1480 g/mol. The first-order valence-corrected chi connectivity index (χ1v) is 22.5. The zero-order chi connectivity index (χ0) is 56.8. The number of nitrogens with one attached hydrogen (secondary N) is 2. The van der Waals surface area contributed by atoms with Gasteiger partial charge in [-0.05, 0) is 65.1 Å². The Balaban J connectivity index is 0.00000103. The molecular formula is C43H36BrCl3Cs2F9N9O11. The number of Topliss-reactive ketones (excluding diaryl/α,β-unsaturated/α-hetero) is 2. The van der Waals surface area contributed by atoms with Crippen molar-refractivity contribution in [2.75, 3.05) is 55.2 Å². The predicted octanol–water partition coefficient (Wildman–Crippen LogP) is 3.53. The van der Waals surface area contributed by atoms with Crippen LogP contribution in [0.2, 0.25) is 15.9 Å². The summed E-state index contributed by atoms with van der Waals surface area (Å²) in [5.41, 5.74) is -0.00451. The van der Waals surface area contributed by atoms with Crippen LogP contribution in [0.1, 0.15) is 33.7 Å². The topological polar surface area (TPSA) is 255 Å². The van der Waals surface area contributed by atoms with Gasteiger partial charge in [0.25, 0.3) is 6.47 Å². The van der Waals surface area contributed by atoms with E-state index in [-0.39, 0.29) is 208 Å². The van der Waals surface area contributed by atoms with E-state index in [1.54, 1.807) is 38.2 Å². The van der Waals surface area contributed by atoms with E-state index >= 15 is 0 Å². The van der Waals surface area contributed by atoms with E-state index in [0.29, 0.717) is 22.9 Å². The molecule has 0 amide bonds. The summed E-state index contributed by atoms with van der Waals surface area (Å²) in [6, 6.07) is 15.6. The van der Waals surface area contributed by atoms with Crippen molar-refractivity contribution in [2.24, 2.45) is 0 Å². The van der Waals surface area contributed by atoms with Crippen LogP contribution in [0.4, 0.5) is 57.0 Å². The first-order chi connectivity index (χ1) is 35.7. The number of hydrogen-bond acceptors (Lipinski definition) is 20. The van der Waals surface area contributed by atoms with Crippen LogP contribution < -0.4 is 182 Å². The van der Waals surface area contributed by atoms with Crippen molar-refractivity contribution >= 4 is 86.2 Å². The third-order valence-corrected chi connectivity index (χ3v) is 9.75. The van der Waals surface area contributed by atoms with Gasteiger partial charge in [0.05, 0.1) is 41.1 Å². The monoisotopic (exact) mass is 1470 g/mol. The van der Waals surface area contributed by atoms with Crippen molar-refractivity contribution in [1.82, 2.24) is 29.9 Å². The summed E-state index contributed by atoms with van der Waals surface area (Å²) in [4.78, 5) is 59.0. The van der Waals surface area contributed by atoms with Gasteiger partial charge in [0.1, 0.15) is 23.9 Å². The Morgan fingerprint density at radius 3 is 1.65 bits per heavy atom. The number of rotatable bonds is 13. The van der Waals surface area contributed by atoms with Crippen molar-refractivity contribution in [3.05, 3.63) is 124 Å². The number of anilines is 3. The van der Waals surface area contributed by atoms with Gasteiger partial charge in [0.2, 0.25) is 21.6 Å². The molecule has 78 heavy (non-hydrogen) atoms. The second-order valence-corrected chi connectivity index (χ2v) is 15.2. The number of likely N-dealkylation sites (N-methyl/N-ethyl adjacent to an activating group) is 1. The third kappa shape index (κ3) is 25.7. The number of ketones is 2. The molecule has 6 aromatic rings. The molecule has 35 heteroatoms. The maximum Gasteiger partial charge on any atom is 1.00 e. The number of benzene rings is 3. The number of para-hydroxylation sites is 3. The van der Waals surface area contributed by atoms with E-state index in [1.165, 1.54) is 67.1 Å². The molecular weight excluding hydrogens is 1440 g/mol. The molecule has 7 rings (SSSR count). The van der Waals surface area contributed by atoms with Crippen LogP contribution in [-0.4, -0.2) is 112 Å². The van der Waals surface area contributed by atoms with E-state index < -0.39 is 54.8 Å². The summed E-state index contributed by atoms with van der Waals surface area (Å²) in [6.45, 7) is -0.579. The smallest absolute Gasteiger partial charge is 1.00 e. The Morgan fingerprint density at radius 2 is 1.17 bits per heavy atom. The summed E-state index contributed by atoms with van der Waals surface area (Å²) in [6.07, 6.45) is -10.6. The van der Waals surface area contributed by atoms with Crippen LogP contribution in [0.3, 0.4) is 0 Å². The van der Waals surface area contributed by atoms with Gasteiger partial charge in [-0.25, -0.2) is 15.0 Å². The van der Waals surface area contributed by atoms with Gasteiger partial charge < -0.3 is 55.9 Å². The second kappa shape index (κ2) is 35.5. The summed E-state index contributed by atoms with van der Waals surface area (Å²) >= 11 is 19.7. The zero-order valence-corrected chi connectivity index (χ0v) is 56.9. The summed E-state index contributed by atoms with van der Waals surface area (Å²) in [5, 5.41) is 22.8. The summed E-state index contributed by atoms with van der Waals surface area (Å²) < 4.78 is 133. The largest absolute Gasteiger partial charge is 1.00 e. The van der Waals surface area contributed by atoms with Gasteiger partial charge in [-0.15, -0.1) is 39.5 Å². The molecule has 0 fully saturated rings. The van der Waals surface area contributed by atoms with Crippen LogP contribution in [0.5, 0.6) is 34.5 Å². The SMILES string of the molecule is CN1c2nc(Cl)ncc2OCC1c1ccccc1OC(F)(F)F.CNc1nc(Cl)ncc1O.CNc1nc(Cl)ncc1OCC(=O)c1ccccc1OC(F)(F)F.O=C(CBr)c1ccccc1OC(F)(F)F.O=CO[O-].[Cs+].[Cs+].[H-]. The van der Waals surface area contributed by atoms with Crippen molar-refractivity contribution in [1.29, 1.82) is 0 Å². The first-order valence-electron chi connectivity index (χ1n) is 20.2. The summed E-state index contributed by atoms with van der Waals surface area (Å²) in [7, 11) is 4.89. The number of alkyl halides is 10. The molecule has 0 saturated heterocycles. The molecule has 3 aromatic carbocycles. The minimum absolute atomic E-state index is 0. The standard InChI is InChI=1S/C14H11ClF3N3O3.C14H11ClF3N3O2.C9H6BrF3O2.C5H6ClN3O.CH2O3.2Cs.H/c1-19-12-11(6-20-13(15)21-12)23-7-9(22)8-4-2-3-5-10(8)24-14(16,17)18;1-21-9(7-22-11-6-19-13(15)20-12(11)21)8-4-2-3-5-10(8)23-14(16,17)18;10-5-7(14)6-3-1-2-4-8(6)15-9(11,12)13;1-7-4-3(10)2-8-5(6)9-4;2-1-4-3;;;/h2-6H,7H2,1H3,(H,19,20,21);2-6,9H,7H2,1H3;1-4H,5H2;2,10H,1H3,(H,7,8,9);1,3H;;;/q;;;;;2*+1;-1/p-1. The first kappa shape index (κ1) is 72.7. The molecule has 412 valence electrons. The molecule has 1 aliphatic heterocycles. The number of hydrogen-bond donors (Lipinski definition) is 3. The van der Waals surface area contributed by atoms with E-state index in [0.717, 1.165) is 12.1 Å². The molecule has 0 aliphatic carbocycles. The van der Waals surface area contributed by atoms with Gasteiger partial charge in [-0.1, -0.05) is 58.4 Å². The Kier molecular flexibility index (Phi) is 33.1. The van der Waals surface area contributed by atoms with Gasteiger partial charge in [-0.2, -0.15) is 15.0 Å². The predicted molar refractivity (Wildman–Crippen MR) is 254 cm³/mol. The minimum atomic E-state index is -4.90. The number of aromatic nitrogens is 6. The fraction of sp³-hybridized carbons (Fsp3) is 0.233. The van der Waals surface area contributed by atoms with E-state index in [2.05, 4.69) is 75.6 Å². The second-order valence-electron chi connectivity index (χ2n) is 13.6. The zero-order valence-electron chi connectivity index (χ0n) is 41.5. The molecule has 1 unspecified atom stereocenters. The minimum Gasteiger partial charge on any atom is -1.00 e. The van der Waals surface area contributed by atoms with Gasteiger partial charge in [-0.3, -0.25) is 14.4 Å². The van der Waals surface area contributed by atoms with Gasteiger partial charge in [0, 0.05) is 26.7 Å². The van der Waals surface area contributed by atoms with E-state index in [9.17, 15) is 49.1 Å². The Labute approximate surface area is 578 Å². The number of halogens is 13. The molecule has 0 saturated carbocycles. The molecule has 0 spiro atoms. The Bertz CT molecular complexity index is 2890. The average Bonchev–Trinajstić information content (AvgIpc) is 3.36. The quantitative estimate of drug-likeness (QED) is 0.0284. The molecule has 0 bridgehead atoms. The van der Waals surface area contributed by atoms with E-state index in [1.807, 2.05) is 0 Å². The maximum absolute atomic E-state index is 12.6. The summed E-state index contributed by atoms with van der Waals surface area (Å²) in [5.74, 6) is -0.996. The molecule has 3 N–H and O–H groups in total. The molecule has 4 heterocycles. The third-order valence-electron chi connectivity index (χ3n) is 8.69. The van der Waals surface area contributed by atoms with Crippen LogP contribution in [0, 0.1) is 0 Å². The van der Waals surface area contributed by atoms with Crippen molar-refractivity contribution in [2.45, 2.75) is 25.1 Å². The Morgan fingerprint density at radius 1 is 0.731 bits per heavy atom. The number of fused-ring (bicyclic) bond motifs is 1. The van der Waals surface area contributed by atoms with Crippen LogP contribution in [0.25, 0.3) is 0 Å². The molecule has 3 aromatic heterocycles. The maximum atomic E-state index is 12.6. The van der Waals surface area contributed by atoms with E-state index in [4.69, 9.17) is 59.4 Å². The Hall–Kier alpha value is -3.31. The molecule has 1 aliphatic rings. The number of carbonyl (C=O) groups is 3. The van der Waals surface area contributed by atoms with Crippen LogP contribution in [0.15, 0.2) is 91.4 Å². The fourth-order valence-corrected chi connectivity index (χ4v) is 6.38. The fourth-order valence-electron chi connectivity index (χ4n) is 5.68. The molecule has 20 nitrogen and oxygen atoms in total. The molecule has 0 radical (unpaired) electrons. The van der Waals surface area contributed by atoms with Crippen molar-refractivity contribution in [3.63, 3.8) is 0 Å². The van der Waals surface area contributed by atoms with Crippen molar-refractivity contribution < 1.29 is 232 Å². The normalized spacial score (nSPS) is 12.2. The van der Waals surface area contributed by atoms with Crippen LogP contribution >= 0.6 is 50.7 Å².